The molecule has 5 heteroatoms. The van der Waals surface area contributed by atoms with E-state index in [9.17, 15) is 24.6 Å². The van der Waals surface area contributed by atoms with Gasteiger partial charge < -0.3 is 10.2 Å². The van der Waals surface area contributed by atoms with Gasteiger partial charge in [0.2, 0.25) is 0 Å². The van der Waals surface area contributed by atoms with Crippen LogP contribution < -0.4 is 0 Å². The lowest BCUT2D eigenvalue weighted by Crippen LogP contribution is -2.58. The Bertz CT molecular complexity index is 996. The van der Waals surface area contributed by atoms with Crippen LogP contribution in [0.15, 0.2) is 22.8 Å². The Hall–Kier alpha value is -1.59. The third kappa shape index (κ3) is 3.67. The van der Waals surface area contributed by atoms with Crippen LogP contribution in [0.5, 0.6) is 0 Å². The van der Waals surface area contributed by atoms with Crippen LogP contribution in [0.25, 0.3) is 0 Å². The monoisotopic (exact) mass is 484 g/mol. The molecule has 0 saturated heterocycles. The summed E-state index contributed by atoms with van der Waals surface area (Å²) < 4.78 is 0. The summed E-state index contributed by atoms with van der Waals surface area (Å²) in [6, 6.07) is 0. The second-order valence-electron chi connectivity index (χ2n) is 13.2. The minimum Gasteiger partial charge on any atom is -0.392 e. The molecular weight excluding hydrogens is 440 g/mol. The molecule has 2 saturated carbocycles. The number of aliphatic hydroxyl groups is 2. The van der Waals surface area contributed by atoms with Crippen LogP contribution in [0.4, 0.5) is 0 Å². The van der Waals surface area contributed by atoms with E-state index < -0.39 is 10.8 Å². The van der Waals surface area contributed by atoms with E-state index in [1.54, 1.807) is 0 Å². The summed E-state index contributed by atoms with van der Waals surface area (Å²) in [5, 5.41) is 18.6. The number of rotatable bonds is 6. The lowest BCUT2D eigenvalue weighted by atomic mass is 9.43. The predicted molar refractivity (Wildman–Crippen MR) is 135 cm³/mol. The number of fused-ring (bicyclic) bond motifs is 4. The number of aliphatic hydroxyl groups excluding tert-OH is 2. The molecule has 35 heavy (non-hydrogen) atoms. The number of ketones is 3. The minimum atomic E-state index is -0.592. The summed E-state index contributed by atoms with van der Waals surface area (Å²) in [4.78, 5) is 40.7. The van der Waals surface area contributed by atoms with Gasteiger partial charge in [-0.25, -0.2) is 0 Å². The lowest BCUT2D eigenvalue weighted by Gasteiger charge is -2.59. The zero-order valence-electron chi connectivity index (χ0n) is 22.5. The number of allylic oxidation sites excluding steroid dienone is 3. The van der Waals surface area contributed by atoms with E-state index in [1.165, 1.54) is 0 Å². The van der Waals surface area contributed by atoms with Crippen LogP contribution in [0.1, 0.15) is 92.9 Å². The summed E-state index contributed by atoms with van der Waals surface area (Å²) in [6.07, 6.45) is 7.50. The van der Waals surface area contributed by atoms with Crippen molar-refractivity contribution in [2.75, 3.05) is 13.2 Å². The van der Waals surface area contributed by atoms with Crippen LogP contribution in [0.2, 0.25) is 0 Å². The number of hydrogen-bond donors (Lipinski definition) is 2. The summed E-state index contributed by atoms with van der Waals surface area (Å²) >= 11 is 0. The van der Waals surface area contributed by atoms with Crippen molar-refractivity contribution >= 4 is 17.3 Å². The summed E-state index contributed by atoms with van der Waals surface area (Å²) in [7, 11) is 0. The van der Waals surface area contributed by atoms with E-state index in [0.29, 0.717) is 43.1 Å². The highest BCUT2D eigenvalue weighted by atomic mass is 16.3. The minimum absolute atomic E-state index is 0.0961. The molecule has 2 N–H and O–H groups in total. The standard InChI is InChI=1S/C30H44O5/c1-18(8-7-9-19(16-31)17-32)20-10-13-29(5)26-21(33)14-23-27(2,3)24(35)11-12-28(23,4)25(26)22(34)15-30(20,29)6/h9,18,20,23,31-32H,7-8,10-17H2,1-6H3. The topological polar surface area (TPSA) is 91.7 Å². The summed E-state index contributed by atoms with van der Waals surface area (Å²) in [5.41, 5.74) is 0.605. The largest absolute Gasteiger partial charge is 0.392 e. The van der Waals surface area contributed by atoms with Gasteiger partial charge in [0.05, 0.1) is 13.2 Å². The second-order valence-corrected chi connectivity index (χ2v) is 13.2. The van der Waals surface area contributed by atoms with Gasteiger partial charge in [-0.1, -0.05) is 47.6 Å². The average Bonchev–Trinajstić information content (AvgIpc) is 3.06. The van der Waals surface area contributed by atoms with Gasteiger partial charge in [0.1, 0.15) is 5.78 Å². The molecule has 0 bridgehead atoms. The van der Waals surface area contributed by atoms with Gasteiger partial charge in [0.25, 0.3) is 0 Å². The van der Waals surface area contributed by atoms with Crippen LogP contribution in [-0.2, 0) is 14.4 Å². The number of Topliss-reactive ketones (excluding diaryl/α,β-unsaturated/α-hetero) is 3. The third-order valence-corrected chi connectivity index (χ3v) is 11.3. The normalized spacial score (nSPS) is 39.1. The van der Waals surface area contributed by atoms with Crippen molar-refractivity contribution in [1.82, 2.24) is 0 Å². The quantitative estimate of drug-likeness (QED) is 0.518. The van der Waals surface area contributed by atoms with Gasteiger partial charge in [-0.05, 0) is 60.8 Å². The van der Waals surface area contributed by atoms with E-state index in [2.05, 4.69) is 27.7 Å². The highest BCUT2D eigenvalue weighted by molar-refractivity contribution is 6.12. The Kier molecular flexibility index (Phi) is 6.63. The first-order chi connectivity index (χ1) is 16.3. The molecule has 5 nitrogen and oxygen atoms in total. The van der Waals surface area contributed by atoms with Gasteiger partial charge in [0.15, 0.2) is 11.6 Å². The van der Waals surface area contributed by atoms with E-state index >= 15 is 0 Å². The maximum atomic E-state index is 14.0. The first-order valence-corrected chi connectivity index (χ1v) is 13.5. The van der Waals surface area contributed by atoms with Crippen LogP contribution in [0, 0.1) is 39.4 Å². The van der Waals surface area contributed by atoms with E-state index in [-0.39, 0.29) is 47.3 Å². The summed E-state index contributed by atoms with van der Waals surface area (Å²) in [5.74, 6) is 1.01. The molecule has 0 radical (unpaired) electrons. The Morgan fingerprint density at radius 3 is 2.29 bits per heavy atom. The first-order valence-electron chi connectivity index (χ1n) is 13.5. The highest BCUT2D eigenvalue weighted by Gasteiger charge is 2.67. The third-order valence-electron chi connectivity index (χ3n) is 11.3. The maximum Gasteiger partial charge on any atom is 0.160 e. The van der Waals surface area contributed by atoms with Crippen molar-refractivity contribution in [3.05, 3.63) is 22.8 Å². The number of hydrogen-bond acceptors (Lipinski definition) is 5. The molecular formula is C30H44O5. The molecule has 4 rings (SSSR count). The Labute approximate surface area is 210 Å². The van der Waals surface area contributed by atoms with Crippen molar-refractivity contribution in [3.8, 4) is 0 Å². The molecule has 0 spiro atoms. The zero-order chi connectivity index (χ0) is 26.0. The number of carbonyl (C=O) groups excluding carboxylic acids is 3. The lowest BCUT2D eigenvalue weighted by molar-refractivity contribution is -0.145. The van der Waals surface area contributed by atoms with E-state index in [4.69, 9.17) is 0 Å². The van der Waals surface area contributed by atoms with Crippen molar-refractivity contribution in [3.63, 3.8) is 0 Å². The molecule has 4 aliphatic rings. The smallest absolute Gasteiger partial charge is 0.160 e. The molecule has 4 aliphatic carbocycles. The molecule has 0 aromatic rings. The molecule has 194 valence electrons. The molecule has 0 amide bonds. The highest BCUT2D eigenvalue weighted by Crippen LogP contribution is 2.70. The predicted octanol–water partition coefficient (Wildman–Crippen LogP) is 4.99. The van der Waals surface area contributed by atoms with Crippen molar-refractivity contribution in [2.45, 2.75) is 92.9 Å². The second kappa shape index (κ2) is 8.76. The zero-order valence-corrected chi connectivity index (χ0v) is 22.5. The van der Waals surface area contributed by atoms with Crippen LogP contribution in [0.3, 0.4) is 0 Å². The SMILES string of the molecule is CC(CCC=C(CO)CO)C1CCC2(C)C3=C(C(=O)CC12C)C1(C)CCC(=O)C(C)(C)C1CC3=O. The fourth-order valence-corrected chi connectivity index (χ4v) is 8.85. The Morgan fingerprint density at radius 2 is 1.66 bits per heavy atom. The maximum absolute atomic E-state index is 14.0. The van der Waals surface area contributed by atoms with Gasteiger partial charge >= 0.3 is 0 Å². The molecule has 2 fully saturated rings. The Balaban J connectivity index is 1.71. The molecule has 0 aromatic heterocycles. The molecule has 0 aromatic carbocycles. The van der Waals surface area contributed by atoms with Crippen molar-refractivity contribution < 1.29 is 24.6 Å². The van der Waals surface area contributed by atoms with E-state index in [1.807, 2.05) is 19.9 Å². The fraction of sp³-hybridized carbons (Fsp3) is 0.767. The van der Waals surface area contributed by atoms with Gasteiger partial charge in [-0.3, -0.25) is 14.4 Å². The van der Waals surface area contributed by atoms with Crippen molar-refractivity contribution in [1.29, 1.82) is 0 Å². The Morgan fingerprint density at radius 1 is 1.00 bits per heavy atom. The fourth-order valence-electron chi connectivity index (χ4n) is 8.85. The molecule has 6 atom stereocenters. The summed E-state index contributed by atoms with van der Waals surface area (Å²) in [6.45, 7) is 12.6. The molecule has 6 unspecified atom stereocenters. The van der Waals surface area contributed by atoms with Gasteiger partial charge in [-0.15, -0.1) is 0 Å². The first kappa shape index (κ1) is 26.5. The van der Waals surface area contributed by atoms with Crippen LogP contribution in [-0.4, -0.2) is 40.8 Å². The van der Waals surface area contributed by atoms with Gasteiger partial charge in [-0.2, -0.15) is 0 Å². The van der Waals surface area contributed by atoms with Crippen LogP contribution >= 0.6 is 0 Å². The van der Waals surface area contributed by atoms with Crippen molar-refractivity contribution in [2.24, 2.45) is 39.4 Å². The number of carbonyl (C=O) groups is 3. The molecule has 0 aliphatic heterocycles. The molecule has 0 heterocycles. The van der Waals surface area contributed by atoms with Gasteiger partial charge in [0, 0.05) is 46.7 Å². The van der Waals surface area contributed by atoms with E-state index in [0.717, 1.165) is 36.8 Å². The average molecular weight is 485 g/mol.